The maximum absolute atomic E-state index is 11.3. The lowest BCUT2D eigenvalue weighted by Gasteiger charge is -2.15. The van der Waals surface area contributed by atoms with Crippen LogP contribution in [-0.2, 0) is 0 Å². The molecule has 0 saturated heterocycles. The summed E-state index contributed by atoms with van der Waals surface area (Å²) in [6.45, 7) is 3.01. The lowest BCUT2D eigenvalue weighted by Crippen LogP contribution is -2.20. The molecule has 92 valence electrons. The minimum absolute atomic E-state index is 0.358. The SMILES string of the molecule is CCC1(CNc2ncc(N)cc2C(N)=O)CC1. The number of aromatic nitrogens is 1. The molecule has 0 aliphatic heterocycles. The summed E-state index contributed by atoms with van der Waals surface area (Å²) >= 11 is 0. The molecule has 1 aromatic rings. The first-order valence-electron chi connectivity index (χ1n) is 5.85. The number of rotatable bonds is 5. The molecule has 0 atom stereocenters. The molecule has 1 heterocycles. The molecule has 1 saturated carbocycles. The van der Waals surface area contributed by atoms with E-state index in [1.807, 2.05) is 0 Å². The molecule has 5 N–H and O–H groups in total. The van der Waals surface area contributed by atoms with Crippen LogP contribution in [0.25, 0.3) is 0 Å². The molecule has 1 aliphatic rings. The average molecular weight is 234 g/mol. The smallest absolute Gasteiger partial charge is 0.252 e. The molecule has 1 fully saturated rings. The summed E-state index contributed by atoms with van der Waals surface area (Å²) in [7, 11) is 0. The van der Waals surface area contributed by atoms with Crippen molar-refractivity contribution in [3.8, 4) is 0 Å². The Morgan fingerprint density at radius 2 is 2.29 bits per heavy atom. The second-order valence-corrected chi connectivity index (χ2v) is 4.74. The summed E-state index contributed by atoms with van der Waals surface area (Å²) < 4.78 is 0. The Labute approximate surface area is 101 Å². The number of pyridine rings is 1. The van der Waals surface area contributed by atoms with Crippen molar-refractivity contribution in [2.75, 3.05) is 17.6 Å². The van der Waals surface area contributed by atoms with E-state index in [0.29, 0.717) is 22.5 Å². The largest absolute Gasteiger partial charge is 0.397 e. The van der Waals surface area contributed by atoms with Gasteiger partial charge < -0.3 is 16.8 Å². The first-order chi connectivity index (χ1) is 8.06. The fourth-order valence-corrected chi connectivity index (χ4v) is 1.91. The molecule has 0 bridgehead atoms. The third-order valence-electron chi connectivity index (χ3n) is 3.51. The number of primary amides is 1. The van der Waals surface area contributed by atoms with Crippen molar-refractivity contribution in [2.24, 2.45) is 11.1 Å². The second kappa shape index (κ2) is 4.24. The van der Waals surface area contributed by atoms with Gasteiger partial charge >= 0.3 is 0 Å². The molecular formula is C12H18N4O. The number of carbonyl (C=O) groups is 1. The van der Waals surface area contributed by atoms with Crippen LogP contribution in [0.1, 0.15) is 36.5 Å². The summed E-state index contributed by atoms with van der Waals surface area (Å²) in [5.74, 6) is 0.0278. The zero-order chi connectivity index (χ0) is 12.5. The van der Waals surface area contributed by atoms with Crippen molar-refractivity contribution >= 4 is 17.4 Å². The van der Waals surface area contributed by atoms with Crippen LogP contribution in [0.3, 0.4) is 0 Å². The number of amides is 1. The number of hydrogen-bond acceptors (Lipinski definition) is 4. The first-order valence-corrected chi connectivity index (χ1v) is 5.85. The summed E-state index contributed by atoms with van der Waals surface area (Å²) in [5, 5.41) is 3.21. The van der Waals surface area contributed by atoms with Crippen LogP contribution >= 0.6 is 0 Å². The van der Waals surface area contributed by atoms with Gasteiger partial charge in [0, 0.05) is 6.54 Å². The van der Waals surface area contributed by atoms with E-state index in [-0.39, 0.29) is 0 Å². The lowest BCUT2D eigenvalue weighted by atomic mass is 10.0. The number of nitrogens with zero attached hydrogens (tertiary/aromatic N) is 1. The Kier molecular flexibility index (Phi) is 2.92. The van der Waals surface area contributed by atoms with Gasteiger partial charge in [0.05, 0.1) is 17.4 Å². The van der Waals surface area contributed by atoms with Crippen LogP contribution in [0.2, 0.25) is 0 Å². The van der Waals surface area contributed by atoms with Gasteiger partial charge in [-0.1, -0.05) is 6.92 Å². The van der Waals surface area contributed by atoms with Crippen molar-refractivity contribution in [1.82, 2.24) is 4.98 Å². The van der Waals surface area contributed by atoms with E-state index in [4.69, 9.17) is 11.5 Å². The highest BCUT2D eigenvalue weighted by Crippen LogP contribution is 2.48. The normalized spacial score (nSPS) is 16.5. The predicted octanol–water partition coefficient (Wildman–Crippen LogP) is 1.36. The van der Waals surface area contributed by atoms with Crippen molar-refractivity contribution in [1.29, 1.82) is 0 Å². The minimum Gasteiger partial charge on any atom is -0.397 e. The van der Waals surface area contributed by atoms with E-state index >= 15 is 0 Å². The van der Waals surface area contributed by atoms with E-state index in [1.165, 1.54) is 19.0 Å². The third kappa shape index (κ3) is 2.49. The van der Waals surface area contributed by atoms with E-state index in [9.17, 15) is 4.79 Å². The van der Waals surface area contributed by atoms with Crippen LogP contribution in [0.5, 0.6) is 0 Å². The van der Waals surface area contributed by atoms with Crippen LogP contribution in [-0.4, -0.2) is 17.4 Å². The topological polar surface area (TPSA) is 94.0 Å². The summed E-state index contributed by atoms with van der Waals surface area (Å²) in [6.07, 6.45) is 5.13. The Hall–Kier alpha value is -1.78. The lowest BCUT2D eigenvalue weighted by molar-refractivity contribution is 0.100. The first kappa shape index (κ1) is 11.7. The van der Waals surface area contributed by atoms with Gasteiger partial charge in [0.15, 0.2) is 0 Å². The molecule has 1 aromatic heterocycles. The molecular weight excluding hydrogens is 216 g/mol. The second-order valence-electron chi connectivity index (χ2n) is 4.74. The fraction of sp³-hybridized carbons (Fsp3) is 0.500. The number of anilines is 2. The zero-order valence-corrected chi connectivity index (χ0v) is 9.99. The molecule has 5 nitrogen and oxygen atoms in total. The molecule has 0 aromatic carbocycles. The average Bonchev–Trinajstić information content (AvgIpc) is 3.08. The molecule has 5 heteroatoms. The Bertz CT molecular complexity index is 440. The molecule has 1 amide bonds. The van der Waals surface area contributed by atoms with E-state index in [1.54, 1.807) is 6.07 Å². The summed E-state index contributed by atoms with van der Waals surface area (Å²) in [6, 6.07) is 1.56. The maximum Gasteiger partial charge on any atom is 0.252 e. The summed E-state index contributed by atoms with van der Waals surface area (Å²) in [4.78, 5) is 15.4. The standard InChI is InChI=1S/C12H18N4O/c1-2-12(3-4-12)7-16-11-9(10(14)17)5-8(13)6-15-11/h5-6H,2-4,7,13H2,1H3,(H2,14,17)(H,15,16). The number of nitrogens with one attached hydrogen (secondary N) is 1. The quantitative estimate of drug-likeness (QED) is 0.717. The van der Waals surface area contributed by atoms with Gasteiger partial charge in [-0.25, -0.2) is 4.98 Å². The zero-order valence-electron chi connectivity index (χ0n) is 9.99. The van der Waals surface area contributed by atoms with Gasteiger partial charge in [-0.3, -0.25) is 4.79 Å². The van der Waals surface area contributed by atoms with Gasteiger partial charge in [0.1, 0.15) is 5.82 Å². The van der Waals surface area contributed by atoms with Crippen molar-refractivity contribution in [3.05, 3.63) is 17.8 Å². The van der Waals surface area contributed by atoms with Gasteiger partial charge in [0.2, 0.25) is 0 Å². The van der Waals surface area contributed by atoms with Crippen molar-refractivity contribution in [2.45, 2.75) is 26.2 Å². The maximum atomic E-state index is 11.3. The van der Waals surface area contributed by atoms with Gasteiger partial charge in [0.25, 0.3) is 5.91 Å². The monoisotopic (exact) mass is 234 g/mol. The molecule has 17 heavy (non-hydrogen) atoms. The highest BCUT2D eigenvalue weighted by molar-refractivity contribution is 5.98. The van der Waals surface area contributed by atoms with Gasteiger partial charge in [-0.15, -0.1) is 0 Å². The highest BCUT2D eigenvalue weighted by atomic mass is 16.1. The molecule has 0 unspecified atom stereocenters. The van der Waals surface area contributed by atoms with E-state index in [0.717, 1.165) is 13.0 Å². The van der Waals surface area contributed by atoms with Gasteiger partial charge in [-0.2, -0.15) is 0 Å². The van der Waals surface area contributed by atoms with E-state index in [2.05, 4.69) is 17.2 Å². The van der Waals surface area contributed by atoms with Crippen molar-refractivity contribution in [3.63, 3.8) is 0 Å². The Morgan fingerprint density at radius 3 is 2.82 bits per heavy atom. The van der Waals surface area contributed by atoms with Crippen LogP contribution in [0, 0.1) is 5.41 Å². The molecule has 0 radical (unpaired) electrons. The van der Waals surface area contributed by atoms with E-state index < -0.39 is 5.91 Å². The Balaban J connectivity index is 2.12. The minimum atomic E-state index is -0.506. The van der Waals surface area contributed by atoms with Crippen LogP contribution in [0.4, 0.5) is 11.5 Å². The number of hydrogen-bond donors (Lipinski definition) is 3. The molecule has 0 spiro atoms. The van der Waals surface area contributed by atoms with Crippen molar-refractivity contribution < 1.29 is 4.79 Å². The molecule has 1 aliphatic carbocycles. The third-order valence-corrected chi connectivity index (χ3v) is 3.51. The van der Waals surface area contributed by atoms with Crippen LogP contribution in [0.15, 0.2) is 12.3 Å². The van der Waals surface area contributed by atoms with Crippen LogP contribution < -0.4 is 16.8 Å². The number of nitrogens with two attached hydrogens (primary N) is 2. The van der Waals surface area contributed by atoms with Gasteiger partial charge in [-0.05, 0) is 30.7 Å². The number of carbonyl (C=O) groups excluding carboxylic acids is 1. The fourth-order valence-electron chi connectivity index (χ4n) is 1.91. The Morgan fingerprint density at radius 1 is 1.59 bits per heavy atom. The summed E-state index contributed by atoms with van der Waals surface area (Å²) in [5.41, 5.74) is 12.1. The predicted molar refractivity (Wildman–Crippen MR) is 67.6 cm³/mol. The number of nitrogen functional groups attached to an aromatic ring is 1. The highest BCUT2D eigenvalue weighted by Gasteiger charge is 2.40. The molecule has 2 rings (SSSR count).